The average molecular weight is 335 g/mol. The molecule has 0 saturated heterocycles. The lowest BCUT2D eigenvalue weighted by atomic mass is 10.2. The van der Waals surface area contributed by atoms with Gasteiger partial charge < -0.3 is 4.74 Å². The lowest BCUT2D eigenvalue weighted by Gasteiger charge is -2.06. The van der Waals surface area contributed by atoms with Gasteiger partial charge in [0.15, 0.2) is 0 Å². The minimum atomic E-state index is -0.382. The number of H-pyrrole nitrogens is 1. The number of hydrogen-bond donors (Lipinski definition) is 0. The van der Waals surface area contributed by atoms with Crippen molar-refractivity contribution in [2.45, 2.75) is 13.8 Å². The van der Waals surface area contributed by atoms with E-state index in [-0.39, 0.29) is 11.9 Å². The van der Waals surface area contributed by atoms with Gasteiger partial charge in [-0.25, -0.2) is 9.78 Å². The molecule has 4 rings (SSSR count). The molecule has 6 nitrogen and oxygen atoms in total. The summed E-state index contributed by atoms with van der Waals surface area (Å²) in [5.74, 6) is 0.345. The number of hydrogen-bond acceptors (Lipinski definition) is 3. The van der Waals surface area contributed by atoms with Gasteiger partial charge in [0.05, 0.1) is 6.61 Å². The van der Waals surface area contributed by atoms with Crippen LogP contribution in [-0.2, 0) is 0 Å². The smallest absolute Gasteiger partial charge is 0.494 e. The molecule has 0 unspecified atom stereocenters. The van der Waals surface area contributed by atoms with Gasteiger partial charge in [0, 0.05) is 6.07 Å². The topological polar surface area (TPSA) is 64.6 Å². The molecule has 6 heteroatoms. The van der Waals surface area contributed by atoms with Crippen molar-refractivity contribution in [3.05, 3.63) is 59.9 Å². The summed E-state index contributed by atoms with van der Waals surface area (Å²) in [4.78, 5) is 30.0. The first kappa shape index (κ1) is 15.3. The number of amides is 2. The summed E-state index contributed by atoms with van der Waals surface area (Å²) < 4.78 is 6.86. The van der Waals surface area contributed by atoms with Crippen LogP contribution in [0.1, 0.15) is 23.0 Å². The van der Waals surface area contributed by atoms with E-state index in [0.717, 1.165) is 11.1 Å². The highest BCUT2D eigenvalue weighted by atomic mass is 16.5. The number of aromatic nitrogens is 2. The summed E-state index contributed by atoms with van der Waals surface area (Å²) in [5, 5.41) is 0. The van der Waals surface area contributed by atoms with Gasteiger partial charge in [0.1, 0.15) is 11.4 Å². The molecule has 0 spiro atoms. The molecule has 1 aliphatic heterocycles. The molecule has 1 N–H and O–H groups in total. The van der Waals surface area contributed by atoms with E-state index in [2.05, 4.69) is 4.98 Å². The minimum Gasteiger partial charge on any atom is -0.494 e. The van der Waals surface area contributed by atoms with E-state index in [0.29, 0.717) is 29.3 Å². The van der Waals surface area contributed by atoms with Crippen LogP contribution in [0.5, 0.6) is 5.75 Å². The predicted octanol–water partition coefficient (Wildman–Crippen LogP) is 2.28. The van der Waals surface area contributed by atoms with Crippen LogP contribution in [0.2, 0.25) is 0 Å². The third-order valence-electron chi connectivity index (χ3n) is 4.21. The van der Waals surface area contributed by atoms with Crippen LogP contribution in [0.25, 0.3) is 11.0 Å². The van der Waals surface area contributed by atoms with Crippen molar-refractivity contribution in [1.82, 2.24) is 0 Å². The molecule has 2 amide bonds. The van der Waals surface area contributed by atoms with E-state index in [9.17, 15) is 9.59 Å². The molecule has 25 heavy (non-hydrogen) atoms. The molecule has 1 aliphatic rings. The fourth-order valence-electron chi connectivity index (χ4n) is 3.05. The standard InChI is InChI=1S/C19H16N3O3/c1-3-25-14-7-5-13(6-8-14)21-18(23)17-11-20-15-10-12(2)4-9-16(15)22(17)19(21)24/h4-11H,3H2,1-2H3/q+1/p+1. The number of anilines is 1. The number of ether oxygens (including phenoxy) is 1. The molecule has 124 valence electrons. The zero-order valence-corrected chi connectivity index (χ0v) is 13.9. The van der Waals surface area contributed by atoms with Crippen LogP contribution in [0.4, 0.5) is 10.5 Å². The van der Waals surface area contributed by atoms with Gasteiger partial charge in [-0.15, -0.1) is 9.47 Å². The highest BCUT2D eigenvalue weighted by Gasteiger charge is 2.49. The first-order valence-electron chi connectivity index (χ1n) is 8.09. The second-order valence-corrected chi connectivity index (χ2v) is 5.88. The zero-order valence-electron chi connectivity index (χ0n) is 13.9. The molecule has 2 aromatic carbocycles. The van der Waals surface area contributed by atoms with Crippen LogP contribution in [0.3, 0.4) is 0 Å². The van der Waals surface area contributed by atoms with Gasteiger partial charge in [-0.2, -0.15) is 4.79 Å². The van der Waals surface area contributed by atoms with Crippen molar-refractivity contribution in [2.24, 2.45) is 0 Å². The van der Waals surface area contributed by atoms with Crippen LogP contribution in [-0.4, -0.2) is 18.5 Å². The monoisotopic (exact) mass is 335 g/mol. The Kier molecular flexibility index (Phi) is 3.46. The SMILES string of the molecule is CCOc1ccc(N2C(=O)c3c[nH+]c4cc(C)ccc4[n+]3C2=O)cc1. The summed E-state index contributed by atoms with van der Waals surface area (Å²) in [6.07, 6.45) is 1.58. The quantitative estimate of drug-likeness (QED) is 0.690. The Hall–Kier alpha value is -3.28. The van der Waals surface area contributed by atoms with Crippen LogP contribution in [0.15, 0.2) is 48.7 Å². The summed E-state index contributed by atoms with van der Waals surface area (Å²) in [6, 6.07) is 12.2. The molecule has 0 saturated carbocycles. The van der Waals surface area contributed by atoms with Gasteiger partial charge in [-0.1, -0.05) is 6.07 Å². The van der Waals surface area contributed by atoms with Crippen molar-refractivity contribution in [3.8, 4) is 5.75 Å². The molecule has 3 aromatic rings. The van der Waals surface area contributed by atoms with E-state index in [1.165, 1.54) is 9.47 Å². The Labute approximate surface area is 144 Å². The first-order valence-corrected chi connectivity index (χ1v) is 8.09. The summed E-state index contributed by atoms with van der Waals surface area (Å²) in [6.45, 7) is 4.44. The Morgan fingerprint density at radius 2 is 1.88 bits per heavy atom. The average Bonchev–Trinajstić information content (AvgIpc) is 2.87. The maximum absolute atomic E-state index is 12.9. The number of aromatic amines is 1. The fourth-order valence-corrected chi connectivity index (χ4v) is 3.05. The normalized spacial score (nSPS) is 13.4. The van der Waals surface area contributed by atoms with Crippen molar-refractivity contribution in [1.29, 1.82) is 0 Å². The van der Waals surface area contributed by atoms with E-state index < -0.39 is 0 Å². The van der Waals surface area contributed by atoms with Crippen molar-refractivity contribution < 1.29 is 23.9 Å². The zero-order chi connectivity index (χ0) is 17.6. The molecular formula is C19H17N3O3+2. The molecule has 0 atom stereocenters. The summed E-state index contributed by atoms with van der Waals surface area (Å²) in [7, 11) is 0. The third kappa shape index (κ3) is 2.34. The maximum Gasteiger partial charge on any atom is 0.512 e. The van der Waals surface area contributed by atoms with E-state index in [1.54, 1.807) is 30.5 Å². The van der Waals surface area contributed by atoms with Gasteiger partial charge in [0.2, 0.25) is 11.7 Å². The van der Waals surface area contributed by atoms with Gasteiger partial charge in [0.25, 0.3) is 11.2 Å². The van der Waals surface area contributed by atoms with Gasteiger partial charge in [-0.3, -0.25) is 0 Å². The van der Waals surface area contributed by atoms with E-state index >= 15 is 0 Å². The second kappa shape index (κ2) is 5.66. The van der Waals surface area contributed by atoms with E-state index in [4.69, 9.17) is 4.74 Å². The molecule has 2 heterocycles. The number of benzene rings is 2. The van der Waals surface area contributed by atoms with Crippen LogP contribution in [0, 0.1) is 6.92 Å². The fraction of sp³-hybridized carbons (Fsp3) is 0.158. The molecule has 0 radical (unpaired) electrons. The highest BCUT2D eigenvalue weighted by Crippen LogP contribution is 2.24. The lowest BCUT2D eigenvalue weighted by molar-refractivity contribution is -0.551. The number of fused-ring (bicyclic) bond motifs is 3. The summed E-state index contributed by atoms with van der Waals surface area (Å²) in [5.41, 5.74) is 3.38. The van der Waals surface area contributed by atoms with E-state index in [1.807, 2.05) is 32.0 Å². The molecule has 1 aromatic heterocycles. The van der Waals surface area contributed by atoms with Crippen molar-refractivity contribution in [2.75, 3.05) is 11.5 Å². The van der Waals surface area contributed by atoms with Gasteiger partial charge in [-0.05, 0) is 49.7 Å². The molecule has 0 aliphatic carbocycles. The Morgan fingerprint density at radius 1 is 1.12 bits per heavy atom. The number of aryl methyl sites for hydroxylation is 1. The third-order valence-corrected chi connectivity index (χ3v) is 4.21. The number of imide groups is 1. The number of carbonyl (C=O) groups is 2. The van der Waals surface area contributed by atoms with Crippen LogP contribution < -0.4 is 19.2 Å². The second-order valence-electron chi connectivity index (χ2n) is 5.88. The minimum absolute atomic E-state index is 0.315. The number of carbonyl (C=O) groups excluding carboxylic acids is 2. The van der Waals surface area contributed by atoms with Crippen molar-refractivity contribution >= 4 is 28.7 Å². The van der Waals surface area contributed by atoms with Crippen molar-refractivity contribution in [3.63, 3.8) is 0 Å². The number of rotatable bonds is 3. The maximum atomic E-state index is 12.9. The lowest BCUT2D eigenvalue weighted by Crippen LogP contribution is -2.47. The highest BCUT2D eigenvalue weighted by molar-refractivity contribution is 6.21. The predicted molar refractivity (Wildman–Crippen MR) is 90.7 cm³/mol. The number of nitrogens with zero attached hydrogens (tertiary/aromatic N) is 2. The molecule has 0 bridgehead atoms. The Morgan fingerprint density at radius 3 is 2.60 bits per heavy atom. The Balaban J connectivity index is 1.81. The summed E-state index contributed by atoms with van der Waals surface area (Å²) >= 11 is 0. The Bertz CT molecular complexity index is 1010. The molecule has 0 fully saturated rings. The molecular weight excluding hydrogens is 318 g/mol. The van der Waals surface area contributed by atoms with Gasteiger partial charge >= 0.3 is 11.9 Å². The number of nitrogens with one attached hydrogen (secondary N) is 1. The first-order chi connectivity index (χ1) is 12.1. The van der Waals surface area contributed by atoms with Crippen LogP contribution >= 0.6 is 0 Å². The largest absolute Gasteiger partial charge is 0.512 e.